The number of aromatic nitrogens is 1. The molecule has 0 saturated heterocycles. The van der Waals surface area contributed by atoms with E-state index in [1.54, 1.807) is 0 Å². The Morgan fingerprint density at radius 1 is 1.47 bits per heavy atom. The summed E-state index contributed by atoms with van der Waals surface area (Å²) < 4.78 is 13.1. The van der Waals surface area contributed by atoms with Crippen molar-refractivity contribution in [3.05, 3.63) is 29.1 Å². The predicted octanol–water partition coefficient (Wildman–Crippen LogP) is 3.98. The van der Waals surface area contributed by atoms with Gasteiger partial charge < -0.3 is 9.15 Å². The van der Waals surface area contributed by atoms with E-state index < -0.39 is 0 Å². The number of para-hydroxylation sites is 2. The van der Waals surface area contributed by atoms with E-state index in [1.165, 1.54) is 11.8 Å². The molecule has 2 aromatic rings. The van der Waals surface area contributed by atoms with Crippen LogP contribution in [0.25, 0.3) is 11.1 Å². The molecule has 0 fully saturated rings. The van der Waals surface area contributed by atoms with Crippen molar-refractivity contribution in [1.82, 2.24) is 4.57 Å². The number of fused-ring (bicyclic) bond motifs is 1. The highest BCUT2D eigenvalue weighted by atomic mass is 32.2. The topological polar surface area (TPSA) is 27.3 Å². The van der Waals surface area contributed by atoms with E-state index in [9.17, 15) is 0 Å². The van der Waals surface area contributed by atoms with Gasteiger partial charge in [0.05, 0.1) is 18.0 Å². The number of rotatable bonds is 3. The molecule has 0 radical (unpaired) electrons. The fourth-order valence-electron chi connectivity index (χ4n) is 1.41. The molecule has 1 aromatic carbocycles. The maximum absolute atomic E-state index is 5.47. The van der Waals surface area contributed by atoms with Crippen LogP contribution < -0.4 is 0 Å². The molecule has 0 unspecified atom stereocenters. The highest BCUT2D eigenvalue weighted by Crippen LogP contribution is 2.20. The first kappa shape index (κ1) is 12.6. The number of nitrogens with zero attached hydrogens (tertiary/aromatic N) is 1. The Labute approximate surface area is 114 Å². The number of hydrogen-bond acceptors (Lipinski definition) is 5. The summed E-state index contributed by atoms with van der Waals surface area (Å²) in [5, 5.41) is 0. The molecule has 90 valence electrons. The van der Waals surface area contributed by atoms with Crippen molar-refractivity contribution in [3.8, 4) is 0 Å². The van der Waals surface area contributed by atoms with E-state index >= 15 is 0 Å². The molecule has 0 atom stereocenters. The molecule has 0 saturated carbocycles. The van der Waals surface area contributed by atoms with Gasteiger partial charge in [-0.25, -0.2) is 0 Å². The largest absolute Gasteiger partial charge is 0.479 e. The van der Waals surface area contributed by atoms with Crippen LogP contribution in [0.4, 0.5) is 0 Å². The molecule has 0 amide bonds. The normalized spacial score (nSPS) is 10.6. The van der Waals surface area contributed by atoms with Gasteiger partial charge in [0.15, 0.2) is 5.58 Å². The molecule has 17 heavy (non-hydrogen) atoms. The van der Waals surface area contributed by atoms with E-state index in [0.29, 0.717) is 21.7 Å². The summed E-state index contributed by atoms with van der Waals surface area (Å²) in [5.41, 5.74) is 1.77. The SMILES string of the molecule is CCOC(=S)SCn1c(=S)oc2ccccc21. The van der Waals surface area contributed by atoms with Crippen LogP contribution in [-0.4, -0.2) is 15.6 Å². The van der Waals surface area contributed by atoms with Crippen molar-refractivity contribution < 1.29 is 9.15 Å². The summed E-state index contributed by atoms with van der Waals surface area (Å²) in [5.74, 6) is 0.606. The summed E-state index contributed by atoms with van der Waals surface area (Å²) in [6.07, 6.45) is 0. The average Bonchev–Trinajstić information content (AvgIpc) is 2.62. The Hall–Kier alpha value is -0.850. The Morgan fingerprint density at radius 3 is 3.00 bits per heavy atom. The Bertz CT molecular complexity index is 588. The van der Waals surface area contributed by atoms with Crippen molar-refractivity contribution in [3.63, 3.8) is 0 Å². The van der Waals surface area contributed by atoms with Crippen LogP contribution in [0.15, 0.2) is 28.7 Å². The number of hydrogen-bond donors (Lipinski definition) is 0. The summed E-state index contributed by atoms with van der Waals surface area (Å²) in [4.78, 5) is 0.456. The van der Waals surface area contributed by atoms with Gasteiger partial charge in [-0.05, 0) is 43.5 Å². The molecule has 1 aromatic heterocycles. The number of benzene rings is 1. The van der Waals surface area contributed by atoms with Crippen molar-refractivity contribution in [1.29, 1.82) is 0 Å². The first-order valence-electron chi connectivity index (χ1n) is 5.10. The average molecular weight is 285 g/mol. The third kappa shape index (κ3) is 2.88. The van der Waals surface area contributed by atoms with E-state index in [2.05, 4.69) is 0 Å². The standard InChI is InChI=1S/C11H11NO2S3/c1-2-13-11(16)17-7-12-8-5-3-4-6-9(8)14-10(12)15/h3-6H,2,7H2,1H3. The van der Waals surface area contributed by atoms with Crippen LogP contribution in [0.5, 0.6) is 0 Å². The van der Waals surface area contributed by atoms with Gasteiger partial charge in [0.2, 0.25) is 4.38 Å². The van der Waals surface area contributed by atoms with Crippen LogP contribution in [-0.2, 0) is 10.6 Å². The Kier molecular flexibility index (Phi) is 4.20. The van der Waals surface area contributed by atoms with Gasteiger partial charge in [0.25, 0.3) is 4.84 Å². The lowest BCUT2D eigenvalue weighted by Crippen LogP contribution is -2.00. The minimum Gasteiger partial charge on any atom is -0.479 e. The maximum atomic E-state index is 5.47. The van der Waals surface area contributed by atoms with Gasteiger partial charge in [-0.3, -0.25) is 4.57 Å². The summed E-state index contributed by atoms with van der Waals surface area (Å²) in [6.45, 7) is 2.50. The van der Waals surface area contributed by atoms with Crippen molar-refractivity contribution in [2.75, 3.05) is 6.61 Å². The van der Waals surface area contributed by atoms with E-state index in [0.717, 1.165) is 11.1 Å². The molecule has 0 aliphatic heterocycles. The predicted molar refractivity (Wildman–Crippen MR) is 76.9 cm³/mol. The molecule has 0 spiro atoms. The number of thioether (sulfide) groups is 1. The van der Waals surface area contributed by atoms with Gasteiger partial charge in [0.1, 0.15) is 0 Å². The molecular weight excluding hydrogens is 274 g/mol. The van der Waals surface area contributed by atoms with Crippen LogP contribution in [0.3, 0.4) is 0 Å². The zero-order valence-electron chi connectivity index (χ0n) is 9.21. The van der Waals surface area contributed by atoms with Gasteiger partial charge in [-0.15, -0.1) is 0 Å². The lowest BCUT2D eigenvalue weighted by atomic mass is 10.3. The molecule has 0 aliphatic rings. The Balaban J connectivity index is 2.21. The molecule has 6 heteroatoms. The van der Waals surface area contributed by atoms with E-state index in [-0.39, 0.29) is 0 Å². The molecule has 0 bridgehead atoms. The van der Waals surface area contributed by atoms with Crippen LogP contribution in [0, 0.1) is 4.84 Å². The third-order valence-electron chi connectivity index (χ3n) is 2.15. The first-order valence-corrected chi connectivity index (χ1v) is 6.90. The van der Waals surface area contributed by atoms with Gasteiger partial charge in [0, 0.05) is 0 Å². The third-order valence-corrected chi connectivity index (χ3v) is 3.66. The molecule has 1 heterocycles. The summed E-state index contributed by atoms with van der Waals surface area (Å²) in [6, 6.07) is 7.74. The Morgan fingerprint density at radius 2 is 2.24 bits per heavy atom. The monoisotopic (exact) mass is 285 g/mol. The number of ether oxygens (including phenoxy) is 1. The minimum atomic E-state index is 0.456. The highest BCUT2D eigenvalue weighted by Gasteiger charge is 2.07. The van der Waals surface area contributed by atoms with Crippen LogP contribution in [0.2, 0.25) is 0 Å². The second kappa shape index (κ2) is 5.66. The lowest BCUT2D eigenvalue weighted by molar-refractivity contribution is 0.346. The summed E-state index contributed by atoms with van der Waals surface area (Å²) >= 11 is 11.7. The van der Waals surface area contributed by atoms with Gasteiger partial charge >= 0.3 is 0 Å². The van der Waals surface area contributed by atoms with Crippen molar-refractivity contribution in [2.45, 2.75) is 12.8 Å². The second-order valence-corrected chi connectivity index (χ2v) is 5.12. The summed E-state index contributed by atoms with van der Waals surface area (Å²) in [7, 11) is 0. The zero-order chi connectivity index (χ0) is 12.3. The molecular formula is C11H11NO2S3. The van der Waals surface area contributed by atoms with Crippen LogP contribution >= 0.6 is 36.2 Å². The fraction of sp³-hybridized carbons (Fsp3) is 0.273. The fourth-order valence-corrected chi connectivity index (χ4v) is 2.72. The number of oxazole rings is 1. The maximum Gasteiger partial charge on any atom is 0.270 e. The van der Waals surface area contributed by atoms with E-state index in [1.807, 2.05) is 35.8 Å². The quantitative estimate of drug-likeness (QED) is 0.795. The van der Waals surface area contributed by atoms with Crippen LogP contribution in [0.1, 0.15) is 6.92 Å². The molecule has 0 N–H and O–H groups in total. The van der Waals surface area contributed by atoms with Crippen molar-refractivity contribution in [2.24, 2.45) is 0 Å². The molecule has 2 rings (SSSR count). The smallest absolute Gasteiger partial charge is 0.270 e. The van der Waals surface area contributed by atoms with Gasteiger partial charge in [-0.2, -0.15) is 0 Å². The lowest BCUT2D eigenvalue weighted by Gasteiger charge is -2.05. The minimum absolute atomic E-state index is 0.456. The zero-order valence-corrected chi connectivity index (χ0v) is 11.7. The first-order chi connectivity index (χ1) is 8.22. The molecule has 3 nitrogen and oxygen atoms in total. The van der Waals surface area contributed by atoms with Gasteiger partial charge in [-0.1, -0.05) is 23.9 Å². The highest BCUT2D eigenvalue weighted by molar-refractivity contribution is 8.22. The van der Waals surface area contributed by atoms with E-state index in [4.69, 9.17) is 33.6 Å². The van der Waals surface area contributed by atoms with Crippen molar-refractivity contribution >= 4 is 51.7 Å². The number of thiocarbonyl (C=S) groups is 1. The second-order valence-electron chi connectivity index (χ2n) is 3.22. The molecule has 0 aliphatic carbocycles.